The lowest BCUT2D eigenvalue weighted by Gasteiger charge is -2.27. The van der Waals surface area contributed by atoms with E-state index in [2.05, 4.69) is 37.2 Å². The third-order valence-corrected chi connectivity index (χ3v) is 7.15. The van der Waals surface area contributed by atoms with E-state index in [1.807, 2.05) is 42.5 Å². The zero-order valence-corrected chi connectivity index (χ0v) is 19.0. The van der Waals surface area contributed by atoms with Gasteiger partial charge in [0.05, 0.1) is 29.6 Å². The molecule has 6 nitrogen and oxygen atoms in total. The summed E-state index contributed by atoms with van der Waals surface area (Å²) < 4.78 is 7.63. The van der Waals surface area contributed by atoms with Gasteiger partial charge >= 0.3 is 0 Å². The summed E-state index contributed by atoms with van der Waals surface area (Å²) >= 11 is 9.57. The number of thioether (sulfide) groups is 1. The van der Waals surface area contributed by atoms with Crippen LogP contribution in [0.1, 0.15) is 5.69 Å². The number of thiazole rings is 1. The molecule has 0 unspecified atom stereocenters. The Kier molecular flexibility index (Phi) is 6.22. The van der Waals surface area contributed by atoms with E-state index in [1.165, 1.54) is 0 Å². The molecule has 3 heterocycles. The molecule has 0 bridgehead atoms. The van der Waals surface area contributed by atoms with E-state index in [9.17, 15) is 0 Å². The van der Waals surface area contributed by atoms with Crippen molar-refractivity contribution in [1.82, 2.24) is 19.7 Å². The largest absolute Gasteiger partial charge is 0.378 e. The second kappa shape index (κ2) is 9.40. The molecule has 0 amide bonds. The highest BCUT2D eigenvalue weighted by molar-refractivity contribution is 7.98. The molecule has 1 aliphatic heterocycles. The Labute approximate surface area is 193 Å². The minimum atomic E-state index is 0.702. The molecule has 31 heavy (non-hydrogen) atoms. The molecule has 0 aliphatic carbocycles. The number of morpholine rings is 1. The Hall–Kier alpha value is -2.39. The van der Waals surface area contributed by atoms with Crippen LogP contribution < -0.4 is 4.90 Å². The van der Waals surface area contributed by atoms with E-state index in [1.54, 1.807) is 23.1 Å². The Morgan fingerprint density at radius 2 is 1.77 bits per heavy atom. The fourth-order valence-corrected chi connectivity index (χ4v) is 5.48. The van der Waals surface area contributed by atoms with Crippen molar-refractivity contribution in [3.8, 4) is 16.3 Å². The molecule has 0 spiro atoms. The van der Waals surface area contributed by atoms with E-state index < -0.39 is 0 Å². The molecule has 1 saturated heterocycles. The monoisotopic (exact) mass is 469 g/mol. The summed E-state index contributed by atoms with van der Waals surface area (Å²) in [6, 6.07) is 18.0. The summed E-state index contributed by atoms with van der Waals surface area (Å²) in [5.74, 6) is 1.56. The molecule has 158 valence electrons. The quantitative estimate of drug-likeness (QED) is 0.363. The first-order valence-corrected chi connectivity index (χ1v) is 12.2. The fourth-order valence-electron chi connectivity index (χ4n) is 3.40. The number of hydrogen-bond donors (Lipinski definition) is 0. The van der Waals surface area contributed by atoms with Gasteiger partial charge in [-0.1, -0.05) is 59.8 Å². The van der Waals surface area contributed by atoms with Gasteiger partial charge in [0.15, 0.2) is 5.16 Å². The maximum absolute atomic E-state index is 6.33. The first-order valence-electron chi connectivity index (χ1n) is 9.95. The lowest BCUT2D eigenvalue weighted by Crippen LogP contribution is -2.37. The van der Waals surface area contributed by atoms with Gasteiger partial charge in [-0.3, -0.25) is 4.57 Å². The van der Waals surface area contributed by atoms with Crippen molar-refractivity contribution in [2.45, 2.75) is 10.9 Å². The van der Waals surface area contributed by atoms with Gasteiger partial charge in [-0.25, -0.2) is 4.98 Å². The van der Waals surface area contributed by atoms with Crippen molar-refractivity contribution in [3.05, 3.63) is 70.7 Å². The fraction of sp³-hybridized carbons (Fsp3) is 0.227. The van der Waals surface area contributed by atoms with Crippen molar-refractivity contribution in [1.29, 1.82) is 0 Å². The lowest BCUT2D eigenvalue weighted by atomic mass is 10.2. The van der Waals surface area contributed by atoms with E-state index in [0.29, 0.717) is 19.0 Å². The van der Waals surface area contributed by atoms with Crippen LogP contribution in [0.5, 0.6) is 0 Å². The van der Waals surface area contributed by atoms with Crippen LogP contribution in [0.2, 0.25) is 5.02 Å². The number of ether oxygens (including phenoxy) is 1. The van der Waals surface area contributed by atoms with Gasteiger partial charge < -0.3 is 9.64 Å². The molecule has 9 heteroatoms. The number of para-hydroxylation sites is 1. The summed E-state index contributed by atoms with van der Waals surface area (Å²) in [4.78, 5) is 7.01. The first kappa shape index (κ1) is 20.5. The number of nitrogens with zero attached hydrogens (tertiary/aromatic N) is 5. The van der Waals surface area contributed by atoms with Gasteiger partial charge in [0.25, 0.3) is 0 Å². The molecule has 0 radical (unpaired) electrons. The van der Waals surface area contributed by atoms with Crippen LogP contribution in [0.15, 0.2) is 65.1 Å². The number of halogens is 1. The third-order valence-electron chi connectivity index (χ3n) is 4.93. The van der Waals surface area contributed by atoms with E-state index >= 15 is 0 Å². The Morgan fingerprint density at radius 1 is 1.00 bits per heavy atom. The second-order valence-corrected chi connectivity index (χ2v) is 9.17. The molecule has 0 atom stereocenters. The molecule has 1 fully saturated rings. The smallest absolute Gasteiger partial charge is 0.232 e. The minimum Gasteiger partial charge on any atom is -0.378 e. The molecule has 0 N–H and O–H groups in total. The average molecular weight is 470 g/mol. The van der Waals surface area contributed by atoms with Crippen LogP contribution in [-0.4, -0.2) is 46.1 Å². The lowest BCUT2D eigenvalue weighted by molar-refractivity contribution is 0.122. The normalized spacial score (nSPS) is 14.2. The van der Waals surface area contributed by atoms with Crippen LogP contribution in [-0.2, 0) is 10.5 Å². The summed E-state index contributed by atoms with van der Waals surface area (Å²) in [5.41, 5.74) is 3.01. The molecule has 2 aromatic carbocycles. The maximum Gasteiger partial charge on any atom is 0.232 e. The highest BCUT2D eigenvalue weighted by Gasteiger charge is 2.22. The van der Waals surface area contributed by atoms with Gasteiger partial charge in [0.1, 0.15) is 5.01 Å². The van der Waals surface area contributed by atoms with Crippen LogP contribution in [0.25, 0.3) is 16.3 Å². The summed E-state index contributed by atoms with van der Waals surface area (Å²) in [6.45, 7) is 3.02. The predicted molar refractivity (Wildman–Crippen MR) is 127 cm³/mol. The second-order valence-electron chi connectivity index (χ2n) is 6.97. The topological polar surface area (TPSA) is 56.1 Å². The van der Waals surface area contributed by atoms with Gasteiger partial charge in [-0.05, 0) is 18.2 Å². The minimum absolute atomic E-state index is 0.702. The van der Waals surface area contributed by atoms with E-state index in [4.69, 9.17) is 21.3 Å². The SMILES string of the molecule is Clc1ccccc1-c1nc(CSc2nnc(N3CCOCC3)n2-c2ccccc2)cs1. The molecule has 0 saturated carbocycles. The van der Waals surface area contributed by atoms with Crippen molar-refractivity contribution >= 4 is 40.6 Å². The van der Waals surface area contributed by atoms with Crippen LogP contribution in [0.3, 0.4) is 0 Å². The first-order chi connectivity index (χ1) is 15.3. The average Bonchev–Trinajstić information content (AvgIpc) is 3.46. The number of benzene rings is 2. The highest BCUT2D eigenvalue weighted by atomic mass is 35.5. The van der Waals surface area contributed by atoms with Crippen LogP contribution in [0.4, 0.5) is 5.95 Å². The molecular weight excluding hydrogens is 450 g/mol. The van der Waals surface area contributed by atoms with Gasteiger partial charge in [-0.2, -0.15) is 0 Å². The van der Waals surface area contributed by atoms with Crippen molar-refractivity contribution in [3.63, 3.8) is 0 Å². The maximum atomic E-state index is 6.33. The number of rotatable bonds is 6. The van der Waals surface area contributed by atoms with Crippen LogP contribution in [0, 0.1) is 0 Å². The number of aromatic nitrogens is 4. The van der Waals surface area contributed by atoms with Crippen molar-refractivity contribution < 1.29 is 4.74 Å². The van der Waals surface area contributed by atoms with E-state index in [0.717, 1.165) is 51.2 Å². The highest BCUT2D eigenvalue weighted by Crippen LogP contribution is 2.33. The van der Waals surface area contributed by atoms with E-state index in [-0.39, 0.29) is 0 Å². The summed E-state index contributed by atoms with van der Waals surface area (Å²) in [6.07, 6.45) is 0. The molecule has 2 aromatic heterocycles. The molecular formula is C22H20ClN5OS2. The van der Waals surface area contributed by atoms with Crippen molar-refractivity contribution in [2.75, 3.05) is 31.2 Å². The van der Waals surface area contributed by atoms with Gasteiger partial charge in [0.2, 0.25) is 5.95 Å². The predicted octanol–water partition coefficient (Wildman–Crippen LogP) is 5.17. The third kappa shape index (κ3) is 4.48. The van der Waals surface area contributed by atoms with Gasteiger partial charge in [-0.15, -0.1) is 21.5 Å². The summed E-state index contributed by atoms with van der Waals surface area (Å²) in [7, 11) is 0. The number of hydrogen-bond acceptors (Lipinski definition) is 7. The Bertz CT molecular complexity index is 1160. The number of anilines is 1. The van der Waals surface area contributed by atoms with Crippen molar-refractivity contribution in [2.24, 2.45) is 0 Å². The standard InChI is InChI=1S/C22H20ClN5OS2/c23-19-9-5-4-8-18(19)20-24-16(14-30-20)15-31-22-26-25-21(27-10-12-29-13-11-27)28(22)17-6-2-1-3-7-17/h1-9,14H,10-13,15H2. The Balaban J connectivity index is 1.40. The van der Waals surface area contributed by atoms with Gasteiger partial charge in [0, 0.05) is 29.8 Å². The zero-order valence-electron chi connectivity index (χ0n) is 16.6. The molecule has 4 aromatic rings. The Morgan fingerprint density at radius 3 is 2.58 bits per heavy atom. The molecule has 5 rings (SSSR count). The molecule has 1 aliphatic rings. The van der Waals surface area contributed by atoms with Crippen LogP contribution >= 0.6 is 34.7 Å². The summed E-state index contributed by atoms with van der Waals surface area (Å²) in [5, 5.41) is 13.6. The zero-order chi connectivity index (χ0) is 21.0.